The van der Waals surface area contributed by atoms with Crippen molar-refractivity contribution in [1.82, 2.24) is 14.8 Å². The van der Waals surface area contributed by atoms with Crippen molar-refractivity contribution in [3.63, 3.8) is 0 Å². The number of carbonyl (C=O) groups excluding carboxylic acids is 2. The van der Waals surface area contributed by atoms with Crippen LogP contribution in [0.15, 0.2) is 47.6 Å². The number of amides is 2. The van der Waals surface area contributed by atoms with E-state index < -0.39 is 5.82 Å². The van der Waals surface area contributed by atoms with Gasteiger partial charge in [-0.05, 0) is 49.2 Å². The molecular weight excluding hydrogens is 417 g/mol. The lowest BCUT2D eigenvalue weighted by molar-refractivity contribution is -0.116. The molecule has 3 aromatic rings. The molecule has 0 saturated heterocycles. The van der Waals surface area contributed by atoms with Gasteiger partial charge in [-0.3, -0.25) is 9.59 Å². The zero-order chi connectivity index (χ0) is 22.4. The summed E-state index contributed by atoms with van der Waals surface area (Å²) < 4.78 is 15.4. The van der Waals surface area contributed by atoms with Crippen LogP contribution in [0, 0.1) is 19.7 Å². The summed E-state index contributed by atoms with van der Waals surface area (Å²) >= 11 is 1.27. The van der Waals surface area contributed by atoms with Crippen LogP contribution in [-0.2, 0) is 23.1 Å². The van der Waals surface area contributed by atoms with Crippen molar-refractivity contribution in [2.75, 3.05) is 16.4 Å². The molecule has 0 saturated carbocycles. The van der Waals surface area contributed by atoms with Gasteiger partial charge in [0.1, 0.15) is 11.6 Å². The summed E-state index contributed by atoms with van der Waals surface area (Å²) in [4.78, 5) is 24.4. The van der Waals surface area contributed by atoms with E-state index in [9.17, 15) is 14.0 Å². The summed E-state index contributed by atoms with van der Waals surface area (Å²) in [6.45, 7) is 3.96. The topological polar surface area (TPSA) is 88.9 Å². The van der Waals surface area contributed by atoms with Gasteiger partial charge in [0.05, 0.1) is 11.4 Å². The third-order valence-electron chi connectivity index (χ3n) is 4.49. The van der Waals surface area contributed by atoms with E-state index in [2.05, 4.69) is 20.8 Å². The molecule has 3 rings (SSSR count). The minimum atomic E-state index is -0.479. The third-order valence-corrected chi connectivity index (χ3v) is 5.51. The van der Waals surface area contributed by atoms with Gasteiger partial charge in [-0.15, -0.1) is 10.2 Å². The average Bonchev–Trinajstić information content (AvgIpc) is 3.05. The first-order valence-corrected chi connectivity index (χ1v) is 10.7. The lowest BCUT2D eigenvalue weighted by atomic mass is 10.1. The van der Waals surface area contributed by atoms with E-state index in [1.54, 1.807) is 23.7 Å². The highest BCUT2D eigenvalue weighted by Gasteiger charge is 2.14. The summed E-state index contributed by atoms with van der Waals surface area (Å²) in [5.41, 5.74) is 3.08. The SMILES string of the molecule is Cc1cc(C)cc(NC(=O)CSc2nnc(CCC(=O)Nc3ccccc3F)n2C)c1. The van der Waals surface area contributed by atoms with Gasteiger partial charge in [0.25, 0.3) is 0 Å². The standard InChI is InChI=1S/C22H24FN5O2S/c1-14-10-15(2)12-16(11-14)24-21(30)13-31-22-27-26-19(28(22)3)8-9-20(29)25-18-7-5-4-6-17(18)23/h4-7,10-12H,8-9,13H2,1-3H3,(H,24,30)(H,25,29). The summed E-state index contributed by atoms with van der Waals surface area (Å²) in [7, 11) is 1.79. The number of aryl methyl sites for hydroxylation is 3. The fourth-order valence-corrected chi connectivity index (χ4v) is 3.79. The molecule has 0 radical (unpaired) electrons. The molecule has 31 heavy (non-hydrogen) atoms. The van der Waals surface area contributed by atoms with E-state index in [0.29, 0.717) is 17.4 Å². The van der Waals surface area contributed by atoms with Gasteiger partial charge in [-0.1, -0.05) is 30.0 Å². The minimum absolute atomic E-state index is 0.135. The predicted molar refractivity (Wildman–Crippen MR) is 120 cm³/mol. The number of nitrogens with zero attached hydrogens (tertiary/aromatic N) is 3. The Labute approximate surface area is 184 Å². The molecule has 1 aromatic heterocycles. The highest BCUT2D eigenvalue weighted by Crippen LogP contribution is 2.19. The van der Waals surface area contributed by atoms with Crippen LogP contribution < -0.4 is 10.6 Å². The Hall–Kier alpha value is -3.20. The largest absolute Gasteiger partial charge is 0.325 e. The lowest BCUT2D eigenvalue weighted by Gasteiger charge is -2.08. The van der Waals surface area contributed by atoms with Crippen LogP contribution in [0.3, 0.4) is 0 Å². The van der Waals surface area contributed by atoms with Crippen LogP contribution in [0.5, 0.6) is 0 Å². The predicted octanol–water partition coefficient (Wildman–Crippen LogP) is 3.87. The molecule has 0 fully saturated rings. The molecular formula is C22H24FN5O2S. The summed E-state index contributed by atoms with van der Waals surface area (Å²) in [6, 6.07) is 11.9. The maximum atomic E-state index is 13.6. The van der Waals surface area contributed by atoms with Crippen molar-refractivity contribution < 1.29 is 14.0 Å². The molecule has 162 valence electrons. The van der Waals surface area contributed by atoms with Crippen LogP contribution in [0.2, 0.25) is 0 Å². The number of hydrogen-bond acceptors (Lipinski definition) is 5. The molecule has 0 unspecified atom stereocenters. The number of rotatable bonds is 8. The number of para-hydroxylation sites is 1. The van der Waals surface area contributed by atoms with Gasteiger partial charge in [-0.25, -0.2) is 4.39 Å². The Kier molecular flexibility index (Phi) is 7.41. The van der Waals surface area contributed by atoms with Crippen molar-refractivity contribution in [2.45, 2.75) is 31.8 Å². The number of hydrogen-bond donors (Lipinski definition) is 2. The van der Waals surface area contributed by atoms with E-state index in [1.807, 2.05) is 32.0 Å². The zero-order valence-corrected chi connectivity index (χ0v) is 18.4. The first-order chi connectivity index (χ1) is 14.8. The number of nitrogens with one attached hydrogen (secondary N) is 2. The first kappa shape index (κ1) is 22.5. The highest BCUT2D eigenvalue weighted by atomic mass is 32.2. The van der Waals surface area contributed by atoms with Crippen molar-refractivity contribution in [1.29, 1.82) is 0 Å². The summed E-state index contributed by atoms with van der Waals surface area (Å²) in [5, 5.41) is 14.2. The zero-order valence-electron chi connectivity index (χ0n) is 17.6. The molecule has 0 bridgehead atoms. The fraction of sp³-hybridized carbons (Fsp3) is 0.273. The average molecular weight is 442 g/mol. The van der Waals surface area contributed by atoms with E-state index in [-0.39, 0.29) is 29.7 Å². The van der Waals surface area contributed by atoms with E-state index in [4.69, 9.17) is 0 Å². The van der Waals surface area contributed by atoms with Gasteiger partial charge >= 0.3 is 0 Å². The Morgan fingerprint density at radius 2 is 1.74 bits per heavy atom. The number of aromatic nitrogens is 3. The quantitative estimate of drug-likeness (QED) is 0.518. The van der Waals surface area contributed by atoms with Crippen LogP contribution >= 0.6 is 11.8 Å². The maximum Gasteiger partial charge on any atom is 0.234 e. The molecule has 2 amide bonds. The van der Waals surface area contributed by atoms with Crippen molar-refractivity contribution in [3.8, 4) is 0 Å². The molecule has 9 heteroatoms. The molecule has 0 spiro atoms. The van der Waals surface area contributed by atoms with E-state index in [1.165, 1.54) is 23.9 Å². The molecule has 7 nitrogen and oxygen atoms in total. The molecule has 1 heterocycles. The Bertz CT molecular complexity index is 1080. The van der Waals surface area contributed by atoms with Crippen LogP contribution in [-0.4, -0.2) is 32.3 Å². The Morgan fingerprint density at radius 1 is 1.03 bits per heavy atom. The number of benzene rings is 2. The van der Waals surface area contributed by atoms with Gasteiger partial charge in [0.15, 0.2) is 5.16 Å². The monoisotopic (exact) mass is 441 g/mol. The molecule has 0 atom stereocenters. The first-order valence-electron chi connectivity index (χ1n) is 9.75. The van der Waals surface area contributed by atoms with Crippen LogP contribution in [0.4, 0.5) is 15.8 Å². The fourth-order valence-electron chi connectivity index (χ4n) is 3.06. The maximum absolute atomic E-state index is 13.6. The lowest BCUT2D eigenvalue weighted by Crippen LogP contribution is -2.15. The van der Waals surface area contributed by atoms with Gasteiger partial charge in [0.2, 0.25) is 11.8 Å². The molecule has 0 aliphatic heterocycles. The van der Waals surface area contributed by atoms with Gasteiger partial charge in [0, 0.05) is 25.6 Å². The third kappa shape index (κ3) is 6.39. The second-order valence-electron chi connectivity index (χ2n) is 7.20. The number of carbonyl (C=O) groups is 2. The van der Waals surface area contributed by atoms with Gasteiger partial charge < -0.3 is 15.2 Å². The molecule has 0 aliphatic carbocycles. The van der Waals surface area contributed by atoms with Gasteiger partial charge in [-0.2, -0.15) is 0 Å². The second kappa shape index (κ2) is 10.2. The van der Waals surface area contributed by atoms with Crippen molar-refractivity contribution in [3.05, 3.63) is 65.2 Å². The minimum Gasteiger partial charge on any atom is -0.325 e. The molecule has 2 N–H and O–H groups in total. The summed E-state index contributed by atoms with van der Waals surface area (Å²) in [5.74, 6) is -0.126. The van der Waals surface area contributed by atoms with Crippen LogP contribution in [0.25, 0.3) is 0 Å². The highest BCUT2D eigenvalue weighted by molar-refractivity contribution is 7.99. The number of anilines is 2. The Balaban J connectivity index is 1.49. The number of halogens is 1. The van der Waals surface area contributed by atoms with E-state index in [0.717, 1.165) is 16.8 Å². The Morgan fingerprint density at radius 3 is 2.45 bits per heavy atom. The smallest absolute Gasteiger partial charge is 0.234 e. The number of thioether (sulfide) groups is 1. The second-order valence-corrected chi connectivity index (χ2v) is 8.14. The normalized spacial score (nSPS) is 10.7. The summed E-state index contributed by atoms with van der Waals surface area (Å²) in [6.07, 6.45) is 0.483. The molecule has 2 aromatic carbocycles. The van der Waals surface area contributed by atoms with Crippen molar-refractivity contribution >= 4 is 35.0 Å². The van der Waals surface area contributed by atoms with Crippen LogP contribution in [0.1, 0.15) is 23.4 Å². The van der Waals surface area contributed by atoms with E-state index >= 15 is 0 Å². The van der Waals surface area contributed by atoms with Crippen molar-refractivity contribution in [2.24, 2.45) is 7.05 Å². The molecule has 0 aliphatic rings.